The Kier molecular flexibility index (Phi) is 10.8. The van der Waals surface area contributed by atoms with E-state index in [1.807, 2.05) is 60.7 Å². The molecule has 2 N–H and O–H groups in total. The molecule has 5 rings (SSSR count). The summed E-state index contributed by atoms with van der Waals surface area (Å²) >= 11 is 6.42. The van der Waals surface area contributed by atoms with Gasteiger partial charge in [0.15, 0.2) is 0 Å². The van der Waals surface area contributed by atoms with Crippen LogP contribution in [0.1, 0.15) is 39.2 Å². The smallest absolute Gasteiger partial charge is 0.417 e. The summed E-state index contributed by atoms with van der Waals surface area (Å²) in [5, 5.41) is -0.391. The van der Waals surface area contributed by atoms with E-state index < -0.39 is 34.2 Å². The lowest BCUT2D eigenvalue weighted by molar-refractivity contribution is -0.137. The van der Waals surface area contributed by atoms with E-state index in [1.54, 1.807) is 36.4 Å². The van der Waals surface area contributed by atoms with E-state index in [2.05, 4.69) is 0 Å². The van der Waals surface area contributed by atoms with Crippen LogP contribution in [0, 0.1) is 0 Å². The van der Waals surface area contributed by atoms with Gasteiger partial charge < -0.3 is 24.5 Å². The number of hydrogen-bond donors (Lipinski definition) is 1. The average molecular weight is 677 g/mol. The van der Waals surface area contributed by atoms with E-state index in [9.17, 15) is 22.8 Å². The second-order valence-corrected chi connectivity index (χ2v) is 11.4. The van der Waals surface area contributed by atoms with E-state index >= 15 is 0 Å². The quantitative estimate of drug-likeness (QED) is 0.0766. The average Bonchev–Trinajstić information content (AvgIpc) is 3.63. The number of benzene rings is 4. The molecule has 0 saturated carbocycles. The van der Waals surface area contributed by atoms with E-state index in [0.29, 0.717) is 12.2 Å². The van der Waals surface area contributed by atoms with Crippen molar-refractivity contribution in [3.8, 4) is 11.5 Å². The third-order valence-corrected chi connectivity index (χ3v) is 8.33. The number of urea groups is 1. The molecular weight excluding hydrogens is 645 g/mol. The summed E-state index contributed by atoms with van der Waals surface area (Å²) in [5.41, 5.74) is 5.78. The van der Waals surface area contributed by atoms with Gasteiger partial charge in [0.25, 0.3) is 0 Å². The number of nitrogens with zero attached hydrogens (tertiary/aromatic N) is 1. The fourth-order valence-electron chi connectivity index (χ4n) is 5.60. The number of halogens is 4. The Morgan fingerprint density at radius 2 is 1.46 bits per heavy atom. The number of alkyl halides is 3. The maximum atomic E-state index is 13.9. The van der Waals surface area contributed by atoms with Crippen LogP contribution >= 0.6 is 11.6 Å². The number of carbonyl (C=O) groups excluding carboxylic acids is 2. The molecule has 248 valence electrons. The Morgan fingerprint density at radius 3 is 2.06 bits per heavy atom. The Hall–Kier alpha value is -5.22. The van der Waals surface area contributed by atoms with E-state index in [0.717, 1.165) is 17.2 Å². The van der Waals surface area contributed by atoms with Gasteiger partial charge in [0.2, 0.25) is 5.76 Å². The van der Waals surface area contributed by atoms with Crippen LogP contribution < -0.4 is 15.2 Å². The summed E-state index contributed by atoms with van der Waals surface area (Å²) in [7, 11) is 0. The maximum Gasteiger partial charge on any atom is 0.417 e. The summed E-state index contributed by atoms with van der Waals surface area (Å²) in [5.74, 6) is 0.107. The predicted molar refractivity (Wildman–Crippen MR) is 175 cm³/mol. The fraction of sp³-hybridized carbons (Fsp3) is 0.189. The molecule has 0 fully saturated rings. The first kappa shape index (κ1) is 34.1. The molecule has 0 radical (unpaired) electrons. The number of nitrogens with two attached hydrogens (primary N) is 1. The van der Waals surface area contributed by atoms with Crippen molar-refractivity contribution in [3.63, 3.8) is 0 Å². The van der Waals surface area contributed by atoms with Crippen molar-refractivity contribution < 1.29 is 36.7 Å². The number of rotatable bonds is 13. The van der Waals surface area contributed by atoms with Gasteiger partial charge in [-0.25, -0.2) is 9.59 Å². The molecular formula is C37H32ClF3N2O5. The number of furan rings is 1. The zero-order valence-corrected chi connectivity index (χ0v) is 26.4. The first-order valence-electron chi connectivity index (χ1n) is 15.1. The van der Waals surface area contributed by atoms with Crippen LogP contribution in [0.2, 0.25) is 5.02 Å². The van der Waals surface area contributed by atoms with Crippen molar-refractivity contribution in [1.82, 2.24) is 4.90 Å². The Bertz CT molecular complexity index is 1780. The van der Waals surface area contributed by atoms with Gasteiger partial charge in [0.05, 0.1) is 23.5 Å². The second-order valence-electron chi connectivity index (χ2n) is 11.1. The lowest BCUT2D eigenvalue weighted by atomic mass is 9.69. The molecule has 0 spiro atoms. The zero-order valence-electron chi connectivity index (χ0n) is 25.7. The minimum atomic E-state index is -4.64. The van der Waals surface area contributed by atoms with Crippen LogP contribution in [-0.2, 0) is 18.0 Å². The molecule has 2 amide bonds. The van der Waals surface area contributed by atoms with Crippen LogP contribution in [0.4, 0.5) is 18.0 Å². The van der Waals surface area contributed by atoms with Crippen molar-refractivity contribution in [2.45, 2.75) is 24.4 Å². The molecule has 48 heavy (non-hydrogen) atoms. The van der Waals surface area contributed by atoms with Crippen molar-refractivity contribution in [2.24, 2.45) is 5.73 Å². The number of esters is 1. The molecule has 7 nitrogen and oxygen atoms in total. The zero-order chi connectivity index (χ0) is 34.1. The number of primary amides is 1. The molecule has 0 bridgehead atoms. The summed E-state index contributed by atoms with van der Waals surface area (Å²) in [6, 6.07) is 31.3. The summed E-state index contributed by atoms with van der Waals surface area (Å²) in [4.78, 5) is 26.6. The van der Waals surface area contributed by atoms with Crippen molar-refractivity contribution in [3.05, 3.63) is 155 Å². The Balaban J connectivity index is 1.38. The molecule has 11 heteroatoms. The van der Waals surface area contributed by atoms with E-state index in [-0.39, 0.29) is 43.2 Å². The lowest BCUT2D eigenvalue weighted by Crippen LogP contribution is -2.48. The minimum absolute atomic E-state index is 0.0428. The minimum Gasteiger partial charge on any atom is -0.493 e. The third-order valence-electron chi connectivity index (χ3n) is 7.88. The summed E-state index contributed by atoms with van der Waals surface area (Å²) in [6.07, 6.45) is -2.86. The largest absolute Gasteiger partial charge is 0.493 e. The molecule has 5 aromatic rings. The van der Waals surface area contributed by atoms with Crippen LogP contribution in [0.5, 0.6) is 11.5 Å². The van der Waals surface area contributed by atoms with Gasteiger partial charge in [-0.05, 0) is 59.9 Å². The SMILES string of the molecule is NC(=O)N(CCCOc1cccc(OC(=O)c2ccco2)c1)CC(Cc1cccc(C(F)(F)F)c1Cl)(c1ccccc1)c1ccccc1. The highest BCUT2D eigenvalue weighted by Gasteiger charge is 2.40. The highest BCUT2D eigenvalue weighted by Crippen LogP contribution is 2.42. The number of carbonyl (C=O) groups is 2. The monoisotopic (exact) mass is 676 g/mol. The molecule has 0 aliphatic heterocycles. The van der Waals surface area contributed by atoms with Crippen LogP contribution in [-0.4, -0.2) is 36.6 Å². The number of ether oxygens (including phenoxy) is 2. The van der Waals surface area contributed by atoms with Gasteiger partial charge >= 0.3 is 18.2 Å². The predicted octanol–water partition coefficient (Wildman–Crippen LogP) is 8.55. The molecule has 0 aliphatic carbocycles. The maximum absolute atomic E-state index is 13.9. The van der Waals surface area contributed by atoms with Gasteiger partial charge in [-0.3, -0.25) is 0 Å². The highest BCUT2D eigenvalue weighted by molar-refractivity contribution is 6.32. The standard InChI is InChI=1S/C37H32ClF3N2O5/c38-33-26(11-7-18-31(33)37(39,40)41)24-36(27-12-3-1-4-13-27,28-14-5-2-6-15-28)25-43(35(42)45)20-10-22-46-29-16-8-17-30(23-29)48-34(44)32-19-9-21-47-32/h1-9,11-19,21,23H,10,20,22,24-25H2,(H2,42,45). The van der Waals surface area contributed by atoms with Gasteiger partial charge in [-0.15, -0.1) is 0 Å². The topological polar surface area (TPSA) is 95.0 Å². The normalized spacial score (nSPS) is 11.6. The number of amides is 2. The molecule has 1 heterocycles. The van der Waals surface area contributed by atoms with Crippen LogP contribution in [0.15, 0.2) is 126 Å². The molecule has 1 aromatic heterocycles. The first-order valence-corrected chi connectivity index (χ1v) is 15.4. The van der Waals surface area contributed by atoms with Crippen LogP contribution in [0.25, 0.3) is 0 Å². The summed E-state index contributed by atoms with van der Waals surface area (Å²) in [6.45, 7) is 0.407. The molecule has 0 atom stereocenters. The number of hydrogen-bond acceptors (Lipinski definition) is 5. The van der Waals surface area contributed by atoms with Crippen molar-refractivity contribution >= 4 is 23.6 Å². The van der Waals surface area contributed by atoms with E-state index in [4.69, 9.17) is 31.2 Å². The van der Waals surface area contributed by atoms with Gasteiger partial charge in [-0.2, -0.15) is 13.2 Å². The molecule has 0 saturated heterocycles. The van der Waals surface area contributed by atoms with Crippen molar-refractivity contribution in [1.29, 1.82) is 0 Å². The van der Waals surface area contributed by atoms with Gasteiger partial charge in [0, 0.05) is 24.6 Å². The van der Waals surface area contributed by atoms with E-state index in [1.165, 1.54) is 23.3 Å². The molecule has 4 aromatic carbocycles. The van der Waals surface area contributed by atoms with Crippen molar-refractivity contribution in [2.75, 3.05) is 19.7 Å². The Labute approximate surface area is 280 Å². The summed E-state index contributed by atoms with van der Waals surface area (Å²) < 4.78 is 57.9. The first-order chi connectivity index (χ1) is 23.1. The van der Waals surface area contributed by atoms with Gasteiger partial charge in [0.1, 0.15) is 11.5 Å². The second kappa shape index (κ2) is 15.1. The lowest BCUT2D eigenvalue weighted by Gasteiger charge is -2.40. The molecule has 0 aliphatic rings. The van der Waals surface area contributed by atoms with Gasteiger partial charge in [-0.1, -0.05) is 90.5 Å². The molecule has 0 unspecified atom stereocenters. The third kappa shape index (κ3) is 8.19. The highest BCUT2D eigenvalue weighted by atomic mass is 35.5. The Morgan fingerprint density at radius 1 is 0.812 bits per heavy atom. The fourth-order valence-corrected chi connectivity index (χ4v) is 5.90. The van der Waals surface area contributed by atoms with Crippen LogP contribution in [0.3, 0.4) is 0 Å².